The van der Waals surface area contributed by atoms with Gasteiger partial charge in [-0.3, -0.25) is 14.7 Å². The highest BCUT2D eigenvalue weighted by Gasteiger charge is 2.21. The van der Waals surface area contributed by atoms with E-state index in [1.165, 1.54) is 14.0 Å². The van der Waals surface area contributed by atoms with Crippen LogP contribution in [-0.4, -0.2) is 47.3 Å². The van der Waals surface area contributed by atoms with Gasteiger partial charge in [0.25, 0.3) is 5.91 Å². The lowest BCUT2D eigenvalue weighted by Gasteiger charge is -2.13. The number of pyridine rings is 1. The molecule has 3 aromatic rings. The highest BCUT2D eigenvalue weighted by atomic mass is 16.5. The summed E-state index contributed by atoms with van der Waals surface area (Å²) in [6.07, 6.45) is 5.30. The zero-order valence-electron chi connectivity index (χ0n) is 16.2. The Balaban J connectivity index is 1.97. The molecule has 1 unspecified atom stereocenters. The summed E-state index contributed by atoms with van der Waals surface area (Å²) >= 11 is 0. The van der Waals surface area contributed by atoms with Crippen molar-refractivity contribution in [3.05, 3.63) is 47.3 Å². The molecule has 0 saturated heterocycles. The lowest BCUT2D eigenvalue weighted by Crippen LogP contribution is -2.42. The minimum atomic E-state index is -0.811. The maximum atomic E-state index is 12.6. The van der Waals surface area contributed by atoms with E-state index in [2.05, 4.69) is 20.5 Å². The number of fused-ring (bicyclic) bond motifs is 1. The Kier molecular flexibility index (Phi) is 5.77. The van der Waals surface area contributed by atoms with Gasteiger partial charge in [-0.2, -0.15) is 5.10 Å². The van der Waals surface area contributed by atoms with E-state index in [1.54, 1.807) is 37.6 Å². The number of hydrogen-bond acceptors (Lipinski definition) is 6. The van der Waals surface area contributed by atoms with E-state index in [0.717, 1.165) is 5.56 Å². The van der Waals surface area contributed by atoms with Crippen LogP contribution in [0.25, 0.3) is 23.1 Å². The third kappa shape index (κ3) is 4.18. The van der Waals surface area contributed by atoms with Crippen molar-refractivity contribution in [3.8, 4) is 11.6 Å². The van der Waals surface area contributed by atoms with E-state index in [1.807, 2.05) is 12.1 Å². The highest BCUT2D eigenvalue weighted by molar-refractivity contribution is 6.06. The highest BCUT2D eigenvalue weighted by Crippen LogP contribution is 2.32. The third-order valence-electron chi connectivity index (χ3n) is 4.34. The number of carbonyl (C=O) groups is 2. The summed E-state index contributed by atoms with van der Waals surface area (Å²) in [5, 5.41) is 10.4. The van der Waals surface area contributed by atoms with E-state index in [-0.39, 0.29) is 5.56 Å². The third-order valence-corrected chi connectivity index (χ3v) is 4.34. The van der Waals surface area contributed by atoms with E-state index in [9.17, 15) is 9.59 Å². The second-order valence-electron chi connectivity index (χ2n) is 6.24. The number of nitrogens with one attached hydrogen (secondary N) is 2. The predicted octanol–water partition coefficient (Wildman–Crippen LogP) is 1.75. The summed E-state index contributed by atoms with van der Waals surface area (Å²) in [7, 11) is 3.02. The zero-order chi connectivity index (χ0) is 21.0. The Bertz CT molecular complexity index is 1070. The summed E-state index contributed by atoms with van der Waals surface area (Å²) in [4.78, 5) is 28.0. The maximum absolute atomic E-state index is 12.6. The molecule has 0 fully saturated rings. The van der Waals surface area contributed by atoms with Crippen LogP contribution in [0.4, 0.5) is 0 Å². The molecule has 4 N–H and O–H groups in total. The van der Waals surface area contributed by atoms with Crippen LogP contribution in [-0.2, 0) is 4.79 Å². The van der Waals surface area contributed by atoms with Crippen molar-refractivity contribution in [1.82, 2.24) is 20.5 Å². The van der Waals surface area contributed by atoms with Gasteiger partial charge in [0.05, 0.1) is 36.4 Å². The molecule has 0 bridgehead atoms. The quantitative estimate of drug-likeness (QED) is 0.558. The molecule has 1 aromatic carbocycles. The molecule has 9 heteroatoms. The molecule has 9 nitrogen and oxygen atoms in total. The Morgan fingerprint density at radius 3 is 2.59 bits per heavy atom. The summed E-state index contributed by atoms with van der Waals surface area (Å²) in [5.41, 5.74) is 7.64. The van der Waals surface area contributed by atoms with Crippen molar-refractivity contribution >= 4 is 34.9 Å². The molecule has 0 aliphatic rings. The van der Waals surface area contributed by atoms with Crippen molar-refractivity contribution in [2.75, 3.05) is 14.2 Å². The van der Waals surface area contributed by atoms with Gasteiger partial charge >= 0.3 is 0 Å². The molecular formula is C20H21N5O4. The fourth-order valence-corrected chi connectivity index (χ4v) is 2.75. The number of methoxy groups -OCH3 is 2. The number of rotatable bonds is 7. The average Bonchev–Trinajstić information content (AvgIpc) is 3.14. The number of nitrogens with two attached hydrogens (primary N) is 1. The summed E-state index contributed by atoms with van der Waals surface area (Å²) in [6, 6.07) is 6.13. The van der Waals surface area contributed by atoms with Crippen LogP contribution in [0, 0.1) is 0 Å². The van der Waals surface area contributed by atoms with Crippen LogP contribution in [0.1, 0.15) is 28.5 Å². The Hall–Kier alpha value is -3.88. The SMILES string of the molecule is COc1ccc(/C=C/c2n[nH]c3ccc(C(=O)NC(C)C(N)=O)c(OC)c23)cn1. The second-order valence-corrected chi connectivity index (χ2v) is 6.24. The number of aromatic amines is 1. The summed E-state index contributed by atoms with van der Waals surface area (Å²) < 4.78 is 10.6. The smallest absolute Gasteiger partial charge is 0.255 e. The molecule has 29 heavy (non-hydrogen) atoms. The van der Waals surface area contributed by atoms with Crippen molar-refractivity contribution in [2.45, 2.75) is 13.0 Å². The van der Waals surface area contributed by atoms with E-state index >= 15 is 0 Å². The topological polar surface area (TPSA) is 132 Å². The molecular weight excluding hydrogens is 374 g/mol. The minimum absolute atomic E-state index is 0.273. The normalized spacial score (nSPS) is 12.1. The Labute approximate surface area is 166 Å². The van der Waals surface area contributed by atoms with E-state index in [0.29, 0.717) is 28.2 Å². The van der Waals surface area contributed by atoms with Gasteiger partial charge in [-0.15, -0.1) is 0 Å². The first-order valence-corrected chi connectivity index (χ1v) is 8.78. The fourth-order valence-electron chi connectivity index (χ4n) is 2.75. The van der Waals surface area contributed by atoms with Crippen LogP contribution >= 0.6 is 0 Å². The number of primary amides is 1. The first-order chi connectivity index (χ1) is 13.9. The number of amides is 2. The molecule has 0 aliphatic carbocycles. The lowest BCUT2D eigenvalue weighted by molar-refractivity contribution is -0.119. The van der Waals surface area contributed by atoms with Gasteiger partial charge in [0.1, 0.15) is 11.8 Å². The van der Waals surface area contributed by atoms with Crippen molar-refractivity contribution < 1.29 is 19.1 Å². The molecule has 0 saturated carbocycles. The van der Waals surface area contributed by atoms with Gasteiger partial charge in [0, 0.05) is 12.3 Å². The zero-order valence-corrected chi connectivity index (χ0v) is 16.2. The van der Waals surface area contributed by atoms with E-state index in [4.69, 9.17) is 15.2 Å². The number of benzene rings is 1. The fraction of sp³-hybridized carbons (Fsp3) is 0.200. The molecule has 1 atom stereocenters. The first-order valence-electron chi connectivity index (χ1n) is 8.78. The molecule has 3 rings (SSSR count). The van der Waals surface area contributed by atoms with Gasteiger partial charge in [0.15, 0.2) is 0 Å². The van der Waals surface area contributed by atoms with Crippen molar-refractivity contribution in [1.29, 1.82) is 0 Å². The molecule has 2 amide bonds. The molecule has 0 radical (unpaired) electrons. The number of H-pyrrole nitrogens is 1. The molecule has 0 aliphatic heterocycles. The van der Waals surface area contributed by atoms with Crippen LogP contribution in [0.5, 0.6) is 11.6 Å². The van der Waals surface area contributed by atoms with Crippen LogP contribution in [0.2, 0.25) is 0 Å². The molecule has 2 aromatic heterocycles. The number of aromatic nitrogens is 3. The van der Waals surface area contributed by atoms with Gasteiger partial charge < -0.3 is 20.5 Å². The monoisotopic (exact) mass is 395 g/mol. The number of carbonyl (C=O) groups excluding carboxylic acids is 2. The van der Waals surface area contributed by atoms with Crippen LogP contribution < -0.4 is 20.5 Å². The van der Waals surface area contributed by atoms with Crippen molar-refractivity contribution in [2.24, 2.45) is 5.73 Å². The lowest BCUT2D eigenvalue weighted by atomic mass is 10.1. The van der Waals surface area contributed by atoms with Gasteiger partial charge in [-0.25, -0.2) is 4.98 Å². The number of hydrogen-bond donors (Lipinski definition) is 3. The number of ether oxygens (including phenoxy) is 2. The predicted molar refractivity (Wildman–Crippen MR) is 108 cm³/mol. The maximum Gasteiger partial charge on any atom is 0.255 e. The standard InChI is InChI=1S/C20H21N5O4/c1-11(19(21)26)23-20(27)13-6-8-15-17(18(13)29-3)14(24-25-15)7-4-12-5-9-16(28-2)22-10-12/h4-11H,1-3H3,(H2,21,26)(H,23,27)(H,24,25)/b7-4+. The molecule has 0 spiro atoms. The minimum Gasteiger partial charge on any atom is -0.495 e. The van der Waals surface area contributed by atoms with Gasteiger partial charge in [-0.1, -0.05) is 6.08 Å². The Morgan fingerprint density at radius 1 is 1.17 bits per heavy atom. The number of nitrogens with zero attached hydrogens (tertiary/aromatic N) is 2. The second kappa shape index (κ2) is 8.42. The largest absolute Gasteiger partial charge is 0.495 e. The van der Waals surface area contributed by atoms with Gasteiger partial charge in [0.2, 0.25) is 11.8 Å². The van der Waals surface area contributed by atoms with Gasteiger partial charge in [-0.05, 0) is 36.8 Å². The van der Waals surface area contributed by atoms with Crippen LogP contribution in [0.15, 0.2) is 30.5 Å². The molecule has 150 valence electrons. The van der Waals surface area contributed by atoms with Crippen molar-refractivity contribution in [3.63, 3.8) is 0 Å². The Morgan fingerprint density at radius 2 is 1.97 bits per heavy atom. The summed E-state index contributed by atoms with van der Waals surface area (Å²) in [5.74, 6) is -0.225. The molecule has 2 heterocycles. The average molecular weight is 395 g/mol. The van der Waals surface area contributed by atoms with Crippen LogP contribution in [0.3, 0.4) is 0 Å². The van der Waals surface area contributed by atoms with E-state index < -0.39 is 17.9 Å². The summed E-state index contributed by atoms with van der Waals surface area (Å²) in [6.45, 7) is 1.51. The first kappa shape index (κ1) is 19.9.